The van der Waals surface area contributed by atoms with Crippen LogP contribution in [0.15, 0.2) is 24.3 Å². The van der Waals surface area contributed by atoms with Crippen molar-refractivity contribution in [3.05, 3.63) is 56.3 Å². The monoisotopic (exact) mass is 454 g/mol. The first-order chi connectivity index (χ1) is 13.8. The summed E-state index contributed by atoms with van der Waals surface area (Å²) in [6.45, 7) is 3.86. The largest absolute Gasteiger partial charge is 0.458 e. The van der Waals surface area contributed by atoms with Crippen LogP contribution in [0.4, 0.5) is 5.69 Å². The third-order valence-electron chi connectivity index (χ3n) is 4.57. The lowest BCUT2D eigenvalue weighted by atomic mass is 10.1. The van der Waals surface area contributed by atoms with Crippen molar-refractivity contribution in [1.82, 2.24) is 4.98 Å². The summed E-state index contributed by atoms with van der Waals surface area (Å²) in [5.74, 6) is -2.03. The fourth-order valence-electron chi connectivity index (χ4n) is 3.10. The van der Waals surface area contributed by atoms with Gasteiger partial charge in [0.05, 0.1) is 21.8 Å². The van der Waals surface area contributed by atoms with Crippen LogP contribution in [0.25, 0.3) is 0 Å². The summed E-state index contributed by atoms with van der Waals surface area (Å²) in [7, 11) is 0. The zero-order valence-corrected chi connectivity index (χ0v) is 17.9. The van der Waals surface area contributed by atoms with Gasteiger partial charge in [-0.05, 0) is 25.0 Å². The van der Waals surface area contributed by atoms with Crippen LogP contribution in [-0.2, 0) is 4.74 Å². The van der Waals surface area contributed by atoms with E-state index in [0.29, 0.717) is 12.8 Å². The molecule has 1 aliphatic rings. The number of hydrogen-bond acceptors (Lipinski definition) is 5. The summed E-state index contributed by atoms with van der Waals surface area (Å²) < 4.78 is 5.46. The number of amides is 2. The maximum Gasteiger partial charge on any atom is 0.358 e. The molecule has 0 spiro atoms. The first-order valence-corrected chi connectivity index (χ1v) is 10.2. The Morgan fingerprint density at radius 2 is 1.66 bits per heavy atom. The first kappa shape index (κ1) is 21.6. The maximum absolute atomic E-state index is 12.8. The van der Waals surface area contributed by atoms with Gasteiger partial charge in [0, 0.05) is 0 Å². The number of anilines is 1. The summed E-state index contributed by atoms with van der Waals surface area (Å²) in [5.41, 5.74) is -0.0800. The number of nitrogens with zero attached hydrogens (tertiary/aromatic N) is 2. The Morgan fingerprint density at radius 3 is 2.17 bits per heavy atom. The molecule has 2 aromatic rings. The first-order valence-electron chi connectivity index (χ1n) is 9.05. The number of ether oxygens (including phenoxy) is 1. The Kier molecular flexibility index (Phi) is 6.46. The van der Waals surface area contributed by atoms with Gasteiger partial charge in [-0.2, -0.15) is 0 Å². The topological polar surface area (TPSA) is 76.6 Å². The summed E-state index contributed by atoms with van der Waals surface area (Å²) in [4.78, 5) is 43.0. The molecule has 0 fully saturated rings. The van der Waals surface area contributed by atoms with Crippen LogP contribution in [0.2, 0.25) is 15.2 Å². The number of pyridine rings is 1. The molecule has 0 radical (unpaired) electrons. The molecule has 152 valence electrons. The molecule has 1 unspecified atom stereocenters. The van der Waals surface area contributed by atoms with E-state index in [0.717, 1.165) is 11.3 Å². The zero-order valence-electron chi connectivity index (χ0n) is 15.7. The number of benzene rings is 1. The predicted molar refractivity (Wildman–Crippen MR) is 111 cm³/mol. The van der Waals surface area contributed by atoms with Crippen molar-refractivity contribution >= 4 is 58.3 Å². The highest BCUT2D eigenvalue weighted by Crippen LogP contribution is 2.42. The second kappa shape index (κ2) is 8.69. The molecule has 1 atom stereocenters. The van der Waals surface area contributed by atoms with Gasteiger partial charge in [0.25, 0.3) is 11.8 Å². The third kappa shape index (κ3) is 3.84. The van der Waals surface area contributed by atoms with Gasteiger partial charge in [-0.3, -0.25) is 9.59 Å². The molecular weight excluding hydrogens is 439 g/mol. The Hall–Kier alpha value is -2.15. The quantitative estimate of drug-likeness (QED) is 0.323. The van der Waals surface area contributed by atoms with E-state index >= 15 is 0 Å². The number of rotatable bonds is 6. The third-order valence-corrected chi connectivity index (χ3v) is 5.65. The number of aromatic nitrogens is 1. The molecule has 0 N–H and O–H groups in total. The lowest BCUT2D eigenvalue weighted by Gasteiger charge is -2.20. The number of carbonyl (C=O) groups excluding carboxylic acids is 3. The van der Waals surface area contributed by atoms with E-state index in [1.807, 2.05) is 13.8 Å². The number of hydrogen-bond donors (Lipinski definition) is 0. The van der Waals surface area contributed by atoms with Gasteiger partial charge >= 0.3 is 5.97 Å². The Labute approximate surface area is 182 Å². The number of imide groups is 1. The standard InChI is InChI=1S/C20H17Cl3N2O4/c1-3-7-10(4-2)29-20(28)15-13(21)16(14(22)17(23)24-15)25-18(26)11-8-5-6-9-12(11)19(25)27/h5-6,8-10H,3-4,7H2,1-2H3. The van der Waals surface area contributed by atoms with Crippen LogP contribution in [0, 0.1) is 0 Å². The fraction of sp³-hybridized carbons (Fsp3) is 0.300. The molecule has 2 amide bonds. The van der Waals surface area contributed by atoms with Crippen molar-refractivity contribution < 1.29 is 19.1 Å². The van der Waals surface area contributed by atoms with Gasteiger partial charge in [-0.25, -0.2) is 14.7 Å². The van der Waals surface area contributed by atoms with Crippen LogP contribution < -0.4 is 4.90 Å². The molecule has 6 nitrogen and oxygen atoms in total. The minimum absolute atomic E-state index is 0.185. The lowest BCUT2D eigenvalue weighted by Crippen LogP contribution is -2.31. The van der Waals surface area contributed by atoms with E-state index < -0.39 is 17.8 Å². The molecule has 0 saturated heterocycles. The van der Waals surface area contributed by atoms with Crippen molar-refractivity contribution in [3.8, 4) is 0 Å². The second-order valence-corrected chi connectivity index (χ2v) is 7.56. The van der Waals surface area contributed by atoms with E-state index in [1.54, 1.807) is 12.1 Å². The Morgan fingerprint density at radius 1 is 1.07 bits per heavy atom. The SMILES string of the molecule is CCCC(CC)OC(=O)c1nc(Cl)c(Cl)c(N2C(=O)c3ccccc3C2=O)c1Cl. The van der Waals surface area contributed by atoms with Crippen LogP contribution >= 0.6 is 34.8 Å². The van der Waals surface area contributed by atoms with Crippen LogP contribution in [0.3, 0.4) is 0 Å². The van der Waals surface area contributed by atoms with E-state index in [2.05, 4.69) is 4.98 Å². The molecule has 9 heteroatoms. The van der Waals surface area contributed by atoms with Crippen LogP contribution in [0.5, 0.6) is 0 Å². The number of carbonyl (C=O) groups is 3. The fourth-order valence-corrected chi connectivity index (χ4v) is 3.84. The van der Waals surface area contributed by atoms with Gasteiger partial charge < -0.3 is 4.74 Å². The molecule has 0 saturated carbocycles. The van der Waals surface area contributed by atoms with Gasteiger partial charge in [-0.15, -0.1) is 0 Å². The molecule has 0 bridgehead atoms. The van der Waals surface area contributed by atoms with Crippen molar-refractivity contribution in [2.75, 3.05) is 4.90 Å². The molecule has 29 heavy (non-hydrogen) atoms. The highest BCUT2D eigenvalue weighted by atomic mass is 35.5. The van der Waals surface area contributed by atoms with Crippen LogP contribution in [-0.4, -0.2) is 28.9 Å². The zero-order chi connectivity index (χ0) is 21.3. The van der Waals surface area contributed by atoms with E-state index in [9.17, 15) is 14.4 Å². The Bertz CT molecular complexity index is 974. The van der Waals surface area contributed by atoms with Gasteiger partial charge in [0.2, 0.25) is 0 Å². The highest BCUT2D eigenvalue weighted by Gasteiger charge is 2.40. The van der Waals surface area contributed by atoms with Gasteiger partial charge in [0.1, 0.15) is 11.1 Å². The van der Waals surface area contributed by atoms with E-state index in [4.69, 9.17) is 39.5 Å². The van der Waals surface area contributed by atoms with Crippen LogP contribution in [0.1, 0.15) is 64.3 Å². The summed E-state index contributed by atoms with van der Waals surface area (Å²) in [6, 6.07) is 6.31. The minimum atomic E-state index is -0.799. The number of fused-ring (bicyclic) bond motifs is 1. The van der Waals surface area contributed by atoms with E-state index in [-0.39, 0.29) is 43.8 Å². The minimum Gasteiger partial charge on any atom is -0.458 e. The maximum atomic E-state index is 12.8. The number of halogens is 3. The molecular formula is C20H17Cl3N2O4. The average molecular weight is 456 g/mol. The highest BCUT2D eigenvalue weighted by molar-refractivity contribution is 6.49. The molecule has 1 aromatic heterocycles. The molecule has 1 aromatic carbocycles. The van der Waals surface area contributed by atoms with Gasteiger partial charge in [-0.1, -0.05) is 67.2 Å². The van der Waals surface area contributed by atoms with Crippen molar-refractivity contribution in [2.24, 2.45) is 0 Å². The van der Waals surface area contributed by atoms with E-state index in [1.165, 1.54) is 12.1 Å². The average Bonchev–Trinajstić information content (AvgIpc) is 2.96. The molecule has 3 rings (SSSR count). The summed E-state index contributed by atoms with van der Waals surface area (Å²) >= 11 is 18.7. The summed E-state index contributed by atoms with van der Waals surface area (Å²) in [5, 5.41) is -0.744. The van der Waals surface area contributed by atoms with Crippen molar-refractivity contribution in [1.29, 1.82) is 0 Å². The second-order valence-electron chi connectivity index (χ2n) is 6.44. The molecule has 2 heterocycles. The van der Waals surface area contributed by atoms with Crippen molar-refractivity contribution in [3.63, 3.8) is 0 Å². The number of esters is 1. The van der Waals surface area contributed by atoms with Gasteiger partial charge in [0.15, 0.2) is 10.8 Å². The van der Waals surface area contributed by atoms with Crippen molar-refractivity contribution in [2.45, 2.75) is 39.2 Å². The normalized spacial score (nSPS) is 14.2. The molecule has 0 aliphatic carbocycles. The summed E-state index contributed by atoms with van der Waals surface area (Å²) in [6.07, 6.45) is 1.80. The molecule has 1 aliphatic heterocycles. The smallest absolute Gasteiger partial charge is 0.358 e. The predicted octanol–water partition coefficient (Wildman–Crippen LogP) is 5.58. The Balaban J connectivity index is 2.07. The lowest BCUT2D eigenvalue weighted by molar-refractivity contribution is 0.0264.